The highest BCUT2D eigenvalue weighted by Crippen LogP contribution is 2.43. The van der Waals surface area contributed by atoms with Gasteiger partial charge in [0.2, 0.25) is 5.95 Å². The summed E-state index contributed by atoms with van der Waals surface area (Å²) in [4.78, 5) is 16.4. The number of nitrogens with zero attached hydrogens (tertiary/aromatic N) is 6. The van der Waals surface area contributed by atoms with E-state index in [2.05, 4.69) is 250 Å². The lowest BCUT2D eigenvalue weighted by Crippen LogP contribution is -2.07. The van der Waals surface area contributed by atoms with Crippen LogP contribution in [0.15, 0.2) is 243 Å². The molecule has 6 heteroatoms. The summed E-state index contributed by atoms with van der Waals surface area (Å²) in [6.45, 7) is 0. The molecule has 0 radical (unpaired) electrons. The first-order valence-electron chi connectivity index (χ1n) is 23.4. The molecule has 6 nitrogen and oxygen atoms in total. The van der Waals surface area contributed by atoms with Crippen molar-refractivity contribution in [1.82, 2.24) is 28.7 Å². The quantitative estimate of drug-likeness (QED) is 0.160. The number of benzene rings is 10. The fourth-order valence-corrected chi connectivity index (χ4v) is 10.6. The van der Waals surface area contributed by atoms with Crippen molar-refractivity contribution in [2.24, 2.45) is 0 Å². The fraction of sp³-hybridized carbons (Fsp3) is 0. The van der Waals surface area contributed by atoms with E-state index in [4.69, 9.17) is 15.0 Å². The highest BCUT2D eigenvalue weighted by atomic mass is 15.2. The molecule has 69 heavy (non-hydrogen) atoms. The van der Waals surface area contributed by atoms with Crippen LogP contribution < -0.4 is 0 Å². The normalized spacial score (nSPS) is 11.8. The van der Waals surface area contributed by atoms with Gasteiger partial charge in [-0.1, -0.05) is 188 Å². The van der Waals surface area contributed by atoms with E-state index in [0.29, 0.717) is 17.6 Å². The maximum absolute atomic E-state index is 5.54. The monoisotopic (exact) mass is 880 g/mol. The summed E-state index contributed by atoms with van der Waals surface area (Å²) < 4.78 is 7.07. The van der Waals surface area contributed by atoms with Gasteiger partial charge in [-0.05, 0) is 71.3 Å². The smallest absolute Gasteiger partial charge is 0.238 e. The summed E-state index contributed by atoms with van der Waals surface area (Å²) in [6, 6.07) is 86.2. The van der Waals surface area contributed by atoms with Crippen molar-refractivity contribution in [1.29, 1.82) is 0 Å². The minimum absolute atomic E-state index is 0.542. The predicted octanol–water partition coefficient (Wildman–Crippen LogP) is 15.8. The summed E-state index contributed by atoms with van der Waals surface area (Å²) in [5, 5.41) is 6.85. The highest BCUT2D eigenvalue weighted by molar-refractivity contribution is 6.24. The lowest BCUT2D eigenvalue weighted by atomic mass is 10.0. The van der Waals surface area contributed by atoms with E-state index in [1.165, 1.54) is 5.39 Å². The molecule has 0 N–H and O–H groups in total. The van der Waals surface area contributed by atoms with Crippen LogP contribution in [0.3, 0.4) is 0 Å². The van der Waals surface area contributed by atoms with Crippen LogP contribution in [0.4, 0.5) is 0 Å². The van der Waals surface area contributed by atoms with Crippen molar-refractivity contribution in [2.45, 2.75) is 0 Å². The Hall–Kier alpha value is -9.39. The van der Waals surface area contributed by atoms with Crippen LogP contribution in [0.2, 0.25) is 0 Å². The minimum atomic E-state index is 0.542. The largest absolute Gasteiger partial charge is 0.309 e. The fourth-order valence-electron chi connectivity index (χ4n) is 10.6. The molecule has 0 spiro atoms. The molecule has 0 atom stereocenters. The Morgan fingerprint density at radius 3 is 1.38 bits per heavy atom. The van der Waals surface area contributed by atoms with E-state index in [1.807, 2.05) is 6.07 Å². The lowest BCUT2D eigenvalue weighted by molar-refractivity contribution is 0.953. The summed E-state index contributed by atoms with van der Waals surface area (Å²) in [5.41, 5.74) is 15.1. The second-order valence-electron chi connectivity index (χ2n) is 17.6. The van der Waals surface area contributed by atoms with Crippen LogP contribution >= 0.6 is 0 Å². The zero-order valence-electron chi connectivity index (χ0n) is 37.3. The van der Waals surface area contributed by atoms with E-state index in [-0.39, 0.29) is 0 Å². The molecule has 0 aliphatic carbocycles. The first-order chi connectivity index (χ1) is 34.2. The van der Waals surface area contributed by atoms with Gasteiger partial charge in [0.05, 0.1) is 38.8 Å². The van der Waals surface area contributed by atoms with Gasteiger partial charge in [0.25, 0.3) is 0 Å². The lowest BCUT2D eigenvalue weighted by Gasteiger charge is -2.16. The molecule has 0 saturated heterocycles. The van der Waals surface area contributed by atoms with Gasteiger partial charge in [0.15, 0.2) is 11.6 Å². The van der Waals surface area contributed by atoms with Crippen LogP contribution in [-0.2, 0) is 0 Å². The second kappa shape index (κ2) is 15.6. The van der Waals surface area contributed by atoms with E-state index in [0.717, 1.165) is 105 Å². The molecule has 0 fully saturated rings. The van der Waals surface area contributed by atoms with Gasteiger partial charge in [0.1, 0.15) is 0 Å². The Balaban J connectivity index is 1.07. The van der Waals surface area contributed by atoms with Gasteiger partial charge < -0.3 is 9.13 Å². The average Bonchev–Trinajstić information content (AvgIpc) is 4.07. The summed E-state index contributed by atoms with van der Waals surface area (Å²) in [6.07, 6.45) is 0. The van der Waals surface area contributed by atoms with Crippen LogP contribution in [0.5, 0.6) is 0 Å². The molecule has 0 aliphatic rings. The maximum Gasteiger partial charge on any atom is 0.238 e. The zero-order chi connectivity index (χ0) is 45.4. The van der Waals surface area contributed by atoms with Gasteiger partial charge in [-0.25, -0.2) is 4.98 Å². The number of aromatic nitrogens is 6. The molecule has 4 aromatic heterocycles. The van der Waals surface area contributed by atoms with Crippen molar-refractivity contribution in [3.63, 3.8) is 0 Å². The molecule has 322 valence electrons. The first kappa shape index (κ1) is 38.8. The van der Waals surface area contributed by atoms with Gasteiger partial charge >= 0.3 is 0 Å². The first-order valence-corrected chi connectivity index (χ1v) is 23.4. The topological polar surface area (TPSA) is 53.5 Å². The minimum Gasteiger partial charge on any atom is -0.309 e. The van der Waals surface area contributed by atoms with Crippen molar-refractivity contribution in [3.8, 4) is 62.4 Å². The van der Waals surface area contributed by atoms with E-state index in [9.17, 15) is 0 Å². The third-order valence-electron chi connectivity index (χ3n) is 13.7. The molecule has 0 amide bonds. The van der Waals surface area contributed by atoms with Gasteiger partial charge in [-0.15, -0.1) is 0 Å². The van der Waals surface area contributed by atoms with E-state index < -0.39 is 0 Å². The predicted molar refractivity (Wildman–Crippen MR) is 285 cm³/mol. The van der Waals surface area contributed by atoms with Crippen LogP contribution in [-0.4, -0.2) is 28.7 Å². The molecule has 0 bridgehead atoms. The zero-order valence-corrected chi connectivity index (χ0v) is 37.3. The van der Waals surface area contributed by atoms with E-state index >= 15 is 0 Å². The molecule has 10 aromatic carbocycles. The summed E-state index contributed by atoms with van der Waals surface area (Å²) >= 11 is 0. The average molecular weight is 881 g/mol. The number of hydrogen-bond acceptors (Lipinski definition) is 3. The Kier molecular flexibility index (Phi) is 8.79. The van der Waals surface area contributed by atoms with Crippen molar-refractivity contribution in [3.05, 3.63) is 243 Å². The SMILES string of the molecule is c1ccc(-c2ccc(-c3nc(-c4ccc5c(c4)c4ccccc4n5-c4ccccc4)nc(-n4c5ccccc5c5ccc6c7ccccc7n(-c7ccccc7-c7ccccc7)c6c54)n3)cc2)cc1. The molecule has 0 unspecified atom stereocenters. The number of rotatable bonds is 7. The van der Waals surface area contributed by atoms with E-state index in [1.54, 1.807) is 0 Å². The second-order valence-corrected chi connectivity index (χ2v) is 17.6. The standard InChI is InChI=1S/C63H40N6/c1-4-18-41(19-5-1)42-32-34-44(35-33-42)61-64-62(45-36-39-58-53(40-45)50-27-13-15-29-55(50)67(58)46-22-8-3-9-23-46)66-63(65-61)69-57-31-17-12-26-49(57)52-38-37-51-48-25-11-16-30-56(48)68(59(51)60(52)69)54-28-14-10-24-47(54)43-20-6-2-7-21-43/h1-40H. The summed E-state index contributed by atoms with van der Waals surface area (Å²) in [7, 11) is 0. The number of para-hydroxylation sites is 5. The summed E-state index contributed by atoms with van der Waals surface area (Å²) in [5.74, 6) is 1.73. The molecular formula is C63H40N6. The van der Waals surface area contributed by atoms with Gasteiger partial charge in [-0.3, -0.25) is 4.57 Å². The van der Waals surface area contributed by atoms with Gasteiger partial charge in [0, 0.05) is 54.7 Å². The Labute approximate surface area is 397 Å². The highest BCUT2D eigenvalue weighted by Gasteiger charge is 2.25. The third-order valence-corrected chi connectivity index (χ3v) is 13.7. The van der Waals surface area contributed by atoms with Crippen LogP contribution in [0.25, 0.3) is 128 Å². The molecule has 0 aliphatic heterocycles. The maximum atomic E-state index is 5.54. The van der Waals surface area contributed by atoms with Crippen molar-refractivity contribution < 1.29 is 0 Å². The molecule has 14 aromatic rings. The molecule has 0 saturated carbocycles. The number of fused-ring (bicyclic) bond motifs is 10. The van der Waals surface area contributed by atoms with Crippen LogP contribution in [0, 0.1) is 0 Å². The third kappa shape index (κ3) is 6.16. The van der Waals surface area contributed by atoms with Crippen molar-refractivity contribution >= 4 is 65.4 Å². The Morgan fingerprint density at radius 2 is 0.710 bits per heavy atom. The van der Waals surface area contributed by atoms with Crippen molar-refractivity contribution in [2.75, 3.05) is 0 Å². The molecule has 4 heterocycles. The Bertz CT molecular complexity index is 4280. The van der Waals surface area contributed by atoms with Gasteiger partial charge in [-0.2, -0.15) is 9.97 Å². The van der Waals surface area contributed by atoms with Crippen LogP contribution in [0.1, 0.15) is 0 Å². The molecular weight excluding hydrogens is 841 g/mol. The Morgan fingerprint density at radius 1 is 0.261 bits per heavy atom. The number of hydrogen-bond donors (Lipinski definition) is 0. The molecule has 14 rings (SSSR count).